The molecule has 12 heteroatoms. The Bertz CT molecular complexity index is 1350. The summed E-state index contributed by atoms with van der Waals surface area (Å²) in [6, 6.07) is 14.2. The molecule has 3 aromatic rings. The lowest BCUT2D eigenvalue weighted by Crippen LogP contribution is -2.56. The first-order valence-corrected chi connectivity index (χ1v) is 13.3. The van der Waals surface area contributed by atoms with Crippen molar-refractivity contribution in [3.63, 3.8) is 0 Å². The third kappa shape index (κ3) is 8.01. The number of nitrogens with zero attached hydrogens (tertiary/aromatic N) is 2. The van der Waals surface area contributed by atoms with Crippen LogP contribution in [0.25, 0.3) is 0 Å². The summed E-state index contributed by atoms with van der Waals surface area (Å²) in [5, 5.41) is 17.5. The molecular weight excluding hydrogens is 528 g/mol. The van der Waals surface area contributed by atoms with Crippen LogP contribution >= 0.6 is 0 Å². The molecule has 5 N–H and O–H groups in total. The highest BCUT2D eigenvalue weighted by atomic mass is 16.4. The highest BCUT2D eigenvalue weighted by Crippen LogP contribution is 2.20. The molecule has 214 valence electrons. The number of carboxylic acid groups (broad SMARTS) is 1. The van der Waals surface area contributed by atoms with E-state index >= 15 is 0 Å². The zero-order valence-electron chi connectivity index (χ0n) is 22.3. The van der Waals surface area contributed by atoms with Crippen LogP contribution in [0.2, 0.25) is 0 Å². The minimum atomic E-state index is -1.18. The smallest absolute Gasteiger partial charge is 0.326 e. The Labute approximate surface area is 236 Å². The van der Waals surface area contributed by atoms with Crippen molar-refractivity contribution in [3.05, 3.63) is 90.0 Å². The standard InChI is InChI=1S/C29H32N6O6/c36-25(17-31-26(37)20-10-5-2-6-11-20)33-22(15-21-16-30-18-32-21)28(39)35-13-7-12-24(35)27(38)34-23(29(40)41)14-19-8-3-1-4-9-19/h1-6,8-11,16,18,22-24H,7,12-15,17H2,(H,30,32)(H,31,37)(H,33,36)(H,34,38)(H,40,41)/t22-,23-,24-/m0/s1. The molecule has 1 saturated heterocycles. The van der Waals surface area contributed by atoms with E-state index in [1.54, 1.807) is 54.6 Å². The molecule has 1 fully saturated rings. The van der Waals surface area contributed by atoms with Crippen molar-refractivity contribution in [1.82, 2.24) is 30.8 Å². The zero-order chi connectivity index (χ0) is 29.2. The molecule has 1 aromatic heterocycles. The number of H-pyrrole nitrogens is 1. The van der Waals surface area contributed by atoms with Gasteiger partial charge in [0.2, 0.25) is 17.7 Å². The number of benzene rings is 2. The quantitative estimate of drug-likeness (QED) is 0.216. The molecule has 0 bridgehead atoms. The van der Waals surface area contributed by atoms with E-state index in [4.69, 9.17) is 0 Å². The predicted molar refractivity (Wildman–Crippen MR) is 147 cm³/mol. The molecule has 12 nitrogen and oxygen atoms in total. The number of carbonyl (C=O) groups is 5. The molecule has 0 saturated carbocycles. The predicted octanol–water partition coefficient (Wildman–Crippen LogP) is 0.670. The van der Waals surface area contributed by atoms with Crippen LogP contribution in [0.1, 0.15) is 34.5 Å². The fraction of sp³-hybridized carbons (Fsp3) is 0.310. The van der Waals surface area contributed by atoms with Gasteiger partial charge in [-0.2, -0.15) is 0 Å². The van der Waals surface area contributed by atoms with Gasteiger partial charge < -0.3 is 30.9 Å². The van der Waals surface area contributed by atoms with Crippen LogP contribution in [0.5, 0.6) is 0 Å². The van der Waals surface area contributed by atoms with Gasteiger partial charge in [0.1, 0.15) is 18.1 Å². The van der Waals surface area contributed by atoms with Gasteiger partial charge in [0.15, 0.2) is 0 Å². The third-order valence-electron chi connectivity index (χ3n) is 6.79. The van der Waals surface area contributed by atoms with Crippen LogP contribution in [0.15, 0.2) is 73.2 Å². The number of hydrogen-bond donors (Lipinski definition) is 5. The summed E-state index contributed by atoms with van der Waals surface area (Å²) in [6.45, 7) is -0.0857. The van der Waals surface area contributed by atoms with Crippen LogP contribution < -0.4 is 16.0 Å². The number of imidazole rings is 1. The molecule has 41 heavy (non-hydrogen) atoms. The molecule has 1 aliphatic heterocycles. The second kappa shape index (κ2) is 13.9. The summed E-state index contributed by atoms with van der Waals surface area (Å²) in [4.78, 5) is 72.2. The normalized spacial score (nSPS) is 15.9. The van der Waals surface area contributed by atoms with Gasteiger partial charge in [-0.3, -0.25) is 19.2 Å². The minimum absolute atomic E-state index is 0.0772. The SMILES string of the molecule is O=C(CNC(=O)c1ccccc1)N[C@@H](Cc1cnc[nH]1)C(=O)N1CCC[C@H]1C(=O)N[C@@H](Cc1ccccc1)C(=O)O. The van der Waals surface area contributed by atoms with E-state index in [-0.39, 0.29) is 25.9 Å². The maximum Gasteiger partial charge on any atom is 0.326 e. The Morgan fingerprint density at radius 3 is 2.32 bits per heavy atom. The van der Waals surface area contributed by atoms with E-state index < -0.39 is 47.7 Å². The number of aliphatic carboxylic acids is 1. The van der Waals surface area contributed by atoms with Gasteiger partial charge >= 0.3 is 5.97 Å². The average Bonchev–Trinajstić information content (AvgIpc) is 3.68. The number of aromatic amines is 1. The van der Waals surface area contributed by atoms with E-state index in [0.717, 1.165) is 5.56 Å². The molecule has 1 aliphatic rings. The first-order valence-electron chi connectivity index (χ1n) is 13.3. The first-order chi connectivity index (χ1) is 19.8. The summed E-state index contributed by atoms with van der Waals surface area (Å²) in [5.74, 6) is -3.26. The second-order valence-corrected chi connectivity index (χ2v) is 9.73. The number of carbonyl (C=O) groups excluding carboxylic acids is 4. The number of likely N-dealkylation sites (tertiary alicyclic amines) is 1. The molecule has 2 heterocycles. The third-order valence-corrected chi connectivity index (χ3v) is 6.79. The zero-order valence-corrected chi connectivity index (χ0v) is 22.3. The van der Waals surface area contributed by atoms with E-state index in [2.05, 4.69) is 25.9 Å². The van der Waals surface area contributed by atoms with Crippen LogP contribution in [0, 0.1) is 0 Å². The van der Waals surface area contributed by atoms with E-state index in [1.807, 2.05) is 6.07 Å². The topological polar surface area (TPSA) is 174 Å². The van der Waals surface area contributed by atoms with Crippen LogP contribution in [0.3, 0.4) is 0 Å². The van der Waals surface area contributed by atoms with E-state index in [9.17, 15) is 29.1 Å². The first kappa shape index (κ1) is 29.0. The number of rotatable bonds is 12. The Morgan fingerprint density at radius 1 is 0.951 bits per heavy atom. The lowest BCUT2D eigenvalue weighted by molar-refractivity contribution is -0.144. The maximum absolute atomic E-state index is 13.7. The average molecular weight is 561 g/mol. The van der Waals surface area contributed by atoms with Crippen molar-refractivity contribution in [2.24, 2.45) is 0 Å². The molecule has 0 radical (unpaired) electrons. The summed E-state index contributed by atoms with van der Waals surface area (Å²) < 4.78 is 0. The lowest BCUT2D eigenvalue weighted by atomic mass is 10.0. The van der Waals surface area contributed by atoms with Crippen molar-refractivity contribution in [2.45, 2.75) is 43.8 Å². The maximum atomic E-state index is 13.7. The number of nitrogens with one attached hydrogen (secondary N) is 4. The van der Waals surface area contributed by atoms with Crippen LogP contribution in [0.4, 0.5) is 0 Å². The van der Waals surface area contributed by atoms with Gasteiger partial charge in [-0.25, -0.2) is 9.78 Å². The van der Waals surface area contributed by atoms with E-state index in [1.165, 1.54) is 17.4 Å². The summed E-state index contributed by atoms with van der Waals surface area (Å²) in [7, 11) is 0. The van der Waals surface area contributed by atoms with Crippen LogP contribution in [-0.2, 0) is 32.0 Å². The monoisotopic (exact) mass is 560 g/mol. The van der Waals surface area contributed by atoms with Crippen molar-refractivity contribution >= 4 is 29.6 Å². The fourth-order valence-corrected chi connectivity index (χ4v) is 4.73. The van der Waals surface area contributed by atoms with E-state index in [0.29, 0.717) is 24.1 Å². The fourth-order valence-electron chi connectivity index (χ4n) is 4.73. The Morgan fingerprint density at radius 2 is 1.66 bits per heavy atom. The van der Waals surface area contributed by atoms with Gasteiger partial charge in [-0.15, -0.1) is 0 Å². The number of hydrogen-bond acceptors (Lipinski definition) is 6. The lowest BCUT2D eigenvalue weighted by Gasteiger charge is -2.29. The largest absolute Gasteiger partial charge is 0.480 e. The minimum Gasteiger partial charge on any atom is -0.480 e. The molecule has 0 spiro atoms. The summed E-state index contributed by atoms with van der Waals surface area (Å²) in [6.07, 6.45) is 4.04. The number of amides is 4. The molecule has 0 unspecified atom stereocenters. The Hall–Kier alpha value is -5.00. The van der Waals surface area contributed by atoms with Gasteiger partial charge in [-0.1, -0.05) is 48.5 Å². The number of aromatic nitrogens is 2. The molecule has 3 atom stereocenters. The molecular formula is C29H32N6O6. The van der Waals surface area contributed by atoms with Crippen molar-refractivity contribution < 1.29 is 29.1 Å². The Kier molecular flexibility index (Phi) is 9.81. The Balaban J connectivity index is 1.42. The molecule has 2 aromatic carbocycles. The second-order valence-electron chi connectivity index (χ2n) is 9.73. The summed E-state index contributed by atoms with van der Waals surface area (Å²) >= 11 is 0. The van der Waals surface area contributed by atoms with Crippen molar-refractivity contribution in [3.8, 4) is 0 Å². The van der Waals surface area contributed by atoms with Gasteiger partial charge in [0.05, 0.1) is 12.9 Å². The van der Waals surface area contributed by atoms with Crippen molar-refractivity contribution in [1.29, 1.82) is 0 Å². The number of carboxylic acids is 1. The molecule has 0 aliphatic carbocycles. The summed E-state index contributed by atoms with van der Waals surface area (Å²) in [5.41, 5.74) is 1.73. The molecule has 4 rings (SSSR count). The van der Waals surface area contributed by atoms with Gasteiger partial charge in [0.25, 0.3) is 5.91 Å². The highest BCUT2D eigenvalue weighted by molar-refractivity contribution is 5.97. The van der Waals surface area contributed by atoms with Crippen LogP contribution in [-0.4, -0.2) is 80.8 Å². The van der Waals surface area contributed by atoms with Gasteiger partial charge in [0, 0.05) is 36.8 Å². The molecule has 4 amide bonds. The highest BCUT2D eigenvalue weighted by Gasteiger charge is 2.39. The van der Waals surface area contributed by atoms with Crippen molar-refractivity contribution in [2.75, 3.05) is 13.1 Å². The van der Waals surface area contributed by atoms with Gasteiger partial charge in [-0.05, 0) is 30.5 Å².